The maximum atomic E-state index is 13.9. The summed E-state index contributed by atoms with van der Waals surface area (Å²) in [4.78, 5) is 24.2. The Labute approximate surface area is 225 Å². The van der Waals surface area contributed by atoms with Crippen molar-refractivity contribution in [1.82, 2.24) is 9.97 Å². The zero-order valence-electron chi connectivity index (χ0n) is 21.6. The summed E-state index contributed by atoms with van der Waals surface area (Å²) in [6, 6.07) is 13.6. The number of hydrogen-bond donors (Lipinski definition) is 0. The fourth-order valence-corrected chi connectivity index (χ4v) is 5.63. The first-order valence-electron chi connectivity index (χ1n) is 13.4. The topological polar surface area (TPSA) is 67.8 Å². The van der Waals surface area contributed by atoms with Crippen LogP contribution in [0, 0.1) is 11.6 Å². The second-order valence-corrected chi connectivity index (χ2v) is 10.1. The van der Waals surface area contributed by atoms with Crippen molar-refractivity contribution >= 4 is 39.0 Å². The predicted octanol–water partition coefficient (Wildman–Crippen LogP) is 5.26. The van der Waals surface area contributed by atoms with Crippen molar-refractivity contribution in [3.8, 4) is 0 Å². The second-order valence-electron chi connectivity index (χ2n) is 10.1. The zero-order valence-corrected chi connectivity index (χ0v) is 21.6. The van der Waals surface area contributed by atoms with E-state index in [0.717, 1.165) is 42.8 Å². The molecule has 39 heavy (non-hydrogen) atoms. The molecule has 202 valence electrons. The molecule has 3 saturated heterocycles. The Morgan fingerprint density at radius 1 is 0.692 bits per heavy atom. The lowest BCUT2D eigenvalue weighted by atomic mass is 10.0. The summed E-state index contributed by atoms with van der Waals surface area (Å²) >= 11 is 0. The molecule has 0 unspecified atom stereocenters. The highest BCUT2D eigenvalue weighted by atomic mass is 19.1. The van der Waals surface area contributed by atoms with Gasteiger partial charge in [-0.05, 0) is 48.5 Å². The molecule has 0 atom stereocenters. The number of ketones is 1. The minimum Gasteiger partial charge on any atom is -0.369 e. The van der Waals surface area contributed by atoms with Gasteiger partial charge in [-0.25, -0.2) is 8.78 Å². The molecule has 0 aliphatic carbocycles. The van der Waals surface area contributed by atoms with Crippen LogP contribution >= 0.6 is 0 Å². The van der Waals surface area contributed by atoms with Gasteiger partial charge in [0.05, 0.1) is 35.6 Å². The van der Waals surface area contributed by atoms with Gasteiger partial charge in [0.25, 0.3) is 0 Å². The Hall–Kier alpha value is -3.69. The number of ether oxygens (including phenoxy) is 2. The summed E-state index contributed by atoms with van der Waals surface area (Å²) in [5.74, 6) is -0.571. The van der Waals surface area contributed by atoms with Crippen molar-refractivity contribution < 1.29 is 23.0 Å². The molecule has 7 rings (SSSR count). The molecule has 4 aromatic rings. The molecule has 3 aliphatic rings. The highest BCUT2D eigenvalue weighted by molar-refractivity contribution is 5.92. The van der Waals surface area contributed by atoms with Gasteiger partial charge in [-0.3, -0.25) is 14.8 Å². The van der Waals surface area contributed by atoms with Crippen LogP contribution in [0.4, 0.5) is 20.2 Å². The summed E-state index contributed by atoms with van der Waals surface area (Å²) < 4.78 is 39.1. The Morgan fingerprint density at radius 2 is 1.18 bits per heavy atom. The van der Waals surface area contributed by atoms with Crippen LogP contribution in [-0.4, -0.2) is 60.9 Å². The molecule has 0 saturated carbocycles. The lowest BCUT2D eigenvalue weighted by Gasteiger charge is -2.38. The number of hydrogen-bond acceptors (Lipinski definition) is 7. The van der Waals surface area contributed by atoms with Crippen LogP contribution in [-0.2, 0) is 14.3 Å². The van der Waals surface area contributed by atoms with E-state index < -0.39 is 0 Å². The number of carbonyl (C=O) groups is 1. The lowest BCUT2D eigenvalue weighted by molar-refractivity contribution is -0.169. The summed E-state index contributed by atoms with van der Waals surface area (Å²) in [7, 11) is 0. The van der Waals surface area contributed by atoms with E-state index in [1.165, 1.54) is 12.1 Å². The van der Waals surface area contributed by atoms with Crippen LogP contribution in [0.25, 0.3) is 21.8 Å². The highest BCUT2D eigenvalue weighted by Gasteiger charge is 2.40. The van der Waals surface area contributed by atoms with Gasteiger partial charge in [-0.2, -0.15) is 0 Å². The Kier molecular flexibility index (Phi) is 7.10. The number of pyridine rings is 2. The van der Waals surface area contributed by atoms with E-state index in [4.69, 9.17) is 9.47 Å². The Bertz CT molecular complexity index is 1490. The normalized spacial score (nSPS) is 19.0. The molecular weight excluding hydrogens is 502 g/mol. The van der Waals surface area contributed by atoms with Crippen LogP contribution in [0.3, 0.4) is 0 Å². The average molecular weight is 533 g/mol. The zero-order chi connectivity index (χ0) is 26.8. The fourth-order valence-electron chi connectivity index (χ4n) is 5.63. The van der Waals surface area contributed by atoms with Gasteiger partial charge in [0, 0.05) is 75.0 Å². The standard InChI is InChI=1S/C16H17FN2O2.C14H13FN2O/c17-13-3-4-14(15-12(13)2-1-7-18-15)19-8-5-16(6-9-19)20-10-11-21-16;15-12-3-4-13(14-11(12)2-1-7-16-14)17-8-5-10(18)6-9-17/h1-4,7H,5-6,8-11H2;1-4,7H,5-6,8-9H2. The maximum Gasteiger partial charge on any atom is 0.171 e. The summed E-state index contributed by atoms with van der Waals surface area (Å²) in [6.07, 6.45) is 6.16. The number of rotatable bonds is 2. The minimum absolute atomic E-state index is 0.224. The quantitative estimate of drug-likeness (QED) is 0.349. The van der Waals surface area contributed by atoms with E-state index in [2.05, 4.69) is 19.8 Å². The molecule has 0 N–H and O–H groups in total. The Balaban J connectivity index is 0.000000144. The van der Waals surface area contributed by atoms with Crippen molar-refractivity contribution in [3.63, 3.8) is 0 Å². The first-order chi connectivity index (χ1) is 19.0. The first kappa shape index (κ1) is 25.6. The first-order valence-corrected chi connectivity index (χ1v) is 13.4. The van der Waals surface area contributed by atoms with Gasteiger partial charge in [0.15, 0.2) is 5.79 Å². The molecule has 0 radical (unpaired) electrons. The predicted molar refractivity (Wildman–Crippen MR) is 146 cm³/mol. The molecule has 0 amide bonds. The molecule has 3 aliphatic heterocycles. The third-order valence-electron chi connectivity index (χ3n) is 7.73. The van der Waals surface area contributed by atoms with Crippen molar-refractivity contribution in [2.45, 2.75) is 31.5 Å². The molecule has 9 heteroatoms. The van der Waals surface area contributed by atoms with E-state index in [-0.39, 0.29) is 17.4 Å². The fraction of sp³-hybridized carbons (Fsp3) is 0.367. The van der Waals surface area contributed by atoms with E-state index in [1.807, 2.05) is 6.07 Å². The highest BCUT2D eigenvalue weighted by Crippen LogP contribution is 2.35. The van der Waals surface area contributed by atoms with E-state index in [1.54, 1.807) is 42.7 Å². The number of piperidine rings is 2. The monoisotopic (exact) mass is 532 g/mol. The molecule has 3 fully saturated rings. The van der Waals surface area contributed by atoms with Crippen molar-refractivity contribution in [3.05, 3.63) is 72.6 Å². The third kappa shape index (κ3) is 5.16. The largest absolute Gasteiger partial charge is 0.369 e. The summed E-state index contributed by atoms with van der Waals surface area (Å²) in [5.41, 5.74) is 3.30. The van der Waals surface area contributed by atoms with Gasteiger partial charge in [-0.1, -0.05) is 0 Å². The van der Waals surface area contributed by atoms with Crippen molar-refractivity contribution in [1.29, 1.82) is 0 Å². The third-order valence-corrected chi connectivity index (χ3v) is 7.73. The van der Waals surface area contributed by atoms with Crippen LogP contribution in [0.15, 0.2) is 60.9 Å². The summed E-state index contributed by atoms with van der Waals surface area (Å²) in [6.45, 7) is 4.41. The second kappa shape index (κ2) is 10.8. The maximum absolute atomic E-state index is 13.9. The minimum atomic E-state index is -0.389. The van der Waals surface area contributed by atoms with Gasteiger partial charge >= 0.3 is 0 Å². The smallest absolute Gasteiger partial charge is 0.171 e. The van der Waals surface area contributed by atoms with Gasteiger partial charge in [0.1, 0.15) is 17.4 Å². The van der Waals surface area contributed by atoms with Crippen molar-refractivity contribution in [2.75, 3.05) is 49.2 Å². The summed E-state index contributed by atoms with van der Waals surface area (Å²) in [5, 5.41) is 1.11. The van der Waals surface area contributed by atoms with E-state index >= 15 is 0 Å². The number of halogens is 2. The Morgan fingerprint density at radius 3 is 1.69 bits per heavy atom. The van der Waals surface area contributed by atoms with Crippen LogP contribution in [0.2, 0.25) is 0 Å². The van der Waals surface area contributed by atoms with E-state index in [0.29, 0.717) is 61.2 Å². The molecule has 0 bridgehead atoms. The molecule has 5 heterocycles. The van der Waals surface area contributed by atoms with Gasteiger partial charge < -0.3 is 19.3 Å². The van der Waals surface area contributed by atoms with Gasteiger partial charge in [0.2, 0.25) is 0 Å². The van der Waals surface area contributed by atoms with Crippen LogP contribution in [0.5, 0.6) is 0 Å². The number of fused-ring (bicyclic) bond motifs is 2. The van der Waals surface area contributed by atoms with Crippen LogP contribution < -0.4 is 9.80 Å². The average Bonchev–Trinajstić information content (AvgIpc) is 3.43. The van der Waals surface area contributed by atoms with Crippen molar-refractivity contribution in [2.24, 2.45) is 0 Å². The number of nitrogens with zero attached hydrogens (tertiary/aromatic N) is 4. The molecule has 1 spiro atoms. The number of benzene rings is 2. The molecule has 2 aromatic carbocycles. The number of anilines is 2. The lowest BCUT2D eigenvalue weighted by Crippen LogP contribution is -2.45. The number of Topliss-reactive ketones (excluding diaryl/α,β-unsaturated/α-hetero) is 1. The molecular formula is C30H30F2N4O3. The molecule has 7 nitrogen and oxygen atoms in total. The number of carbonyl (C=O) groups excluding carboxylic acids is 1. The van der Waals surface area contributed by atoms with Gasteiger partial charge in [-0.15, -0.1) is 0 Å². The van der Waals surface area contributed by atoms with Crippen LogP contribution in [0.1, 0.15) is 25.7 Å². The SMILES string of the molecule is Fc1ccc(N2CCC3(CC2)OCCO3)c2ncccc12.O=C1CCN(c2ccc(F)c3cccnc23)CC1. The molecule has 2 aromatic heterocycles. The van der Waals surface area contributed by atoms with E-state index in [9.17, 15) is 13.6 Å². The number of aromatic nitrogens is 2.